The zero-order valence-corrected chi connectivity index (χ0v) is 11.9. The third-order valence-corrected chi connectivity index (χ3v) is 3.71. The van der Waals surface area contributed by atoms with Gasteiger partial charge in [-0.3, -0.25) is 4.79 Å². The second-order valence-corrected chi connectivity index (χ2v) is 5.21. The fraction of sp³-hybridized carbons (Fsp3) is 0.167. The normalized spacial score (nSPS) is 20.0. The molecule has 21 heavy (non-hydrogen) atoms. The average molecular weight is 277 g/mol. The second-order valence-electron chi connectivity index (χ2n) is 5.21. The maximum absolute atomic E-state index is 12.3. The van der Waals surface area contributed by atoms with Gasteiger partial charge in [-0.15, -0.1) is 0 Å². The number of likely N-dealkylation sites (N-methyl/N-ethyl adjacent to an activating group) is 1. The van der Waals surface area contributed by atoms with Crippen LogP contribution >= 0.6 is 0 Å². The first-order valence-corrected chi connectivity index (χ1v) is 6.72. The number of anilines is 1. The molecule has 0 spiro atoms. The zero-order chi connectivity index (χ0) is 15.0. The number of nitrogens with zero attached hydrogens (tertiary/aromatic N) is 1. The lowest BCUT2D eigenvalue weighted by Gasteiger charge is -2.14. The second kappa shape index (κ2) is 4.76. The van der Waals surface area contributed by atoms with Crippen LogP contribution in [0.5, 0.6) is 0 Å². The molecule has 104 valence electrons. The molecule has 3 heteroatoms. The smallest absolute Gasteiger partial charge is 0.276 e. The van der Waals surface area contributed by atoms with Gasteiger partial charge in [0, 0.05) is 18.2 Å². The van der Waals surface area contributed by atoms with Gasteiger partial charge in [0.05, 0.1) is 5.69 Å². The number of aliphatic hydroxyl groups is 1. The first-order chi connectivity index (χ1) is 10.0. The van der Waals surface area contributed by atoms with Crippen LogP contribution in [0.2, 0.25) is 0 Å². The van der Waals surface area contributed by atoms with Crippen molar-refractivity contribution in [3.05, 3.63) is 65.2 Å². The summed E-state index contributed by atoms with van der Waals surface area (Å²) in [5, 5.41) is 10.7. The van der Waals surface area contributed by atoms with Crippen molar-refractivity contribution in [2.24, 2.45) is 0 Å². The van der Waals surface area contributed by atoms with E-state index in [1.807, 2.05) is 37.3 Å². The van der Waals surface area contributed by atoms with Crippen LogP contribution in [-0.4, -0.2) is 18.1 Å². The lowest BCUT2D eigenvalue weighted by Crippen LogP contribution is -2.37. The van der Waals surface area contributed by atoms with Gasteiger partial charge in [-0.1, -0.05) is 41.8 Å². The topological polar surface area (TPSA) is 40.5 Å². The van der Waals surface area contributed by atoms with E-state index in [-0.39, 0.29) is 0 Å². The predicted molar refractivity (Wildman–Crippen MR) is 81.8 cm³/mol. The highest BCUT2D eigenvalue weighted by atomic mass is 16.3. The predicted octanol–water partition coefficient (Wildman–Crippen LogP) is 2.21. The highest BCUT2D eigenvalue weighted by Gasteiger charge is 2.47. The van der Waals surface area contributed by atoms with Crippen LogP contribution in [0, 0.1) is 18.8 Å². The van der Waals surface area contributed by atoms with Gasteiger partial charge in [0.15, 0.2) is 0 Å². The first kappa shape index (κ1) is 13.4. The highest BCUT2D eigenvalue weighted by molar-refractivity contribution is 6.08. The number of aryl methyl sites for hydroxylation is 1. The van der Waals surface area contributed by atoms with E-state index >= 15 is 0 Å². The van der Waals surface area contributed by atoms with Crippen molar-refractivity contribution in [1.82, 2.24) is 0 Å². The molecule has 0 saturated heterocycles. The summed E-state index contributed by atoms with van der Waals surface area (Å²) < 4.78 is 0. The van der Waals surface area contributed by atoms with Gasteiger partial charge in [0.2, 0.25) is 5.60 Å². The maximum atomic E-state index is 12.3. The number of carbonyl (C=O) groups excluding carboxylic acids is 1. The van der Waals surface area contributed by atoms with E-state index in [4.69, 9.17) is 0 Å². The molecular weight excluding hydrogens is 262 g/mol. The first-order valence-electron chi connectivity index (χ1n) is 6.72. The number of para-hydroxylation sites is 1. The minimum atomic E-state index is -1.77. The molecule has 1 amide bonds. The molecule has 1 aliphatic heterocycles. The summed E-state index contributed by atoms with van der Waals surface area (Å²) in [6.07, 6.45) is 0. The molecule has 0 aliphatic carbocycles. The van der Waals surface area contributed by atoms with Crippen LogP contribution in [0.3, 0.4) is 0 Å². The SMILES string of the molecule is Cc1ccc(C#CC2(O)C(=O)N(C)c3ccccc32)cc1. The summed E-state index contributed by atoms with van der Waals surface area (Å²) >= 11 is 0. The largest absolute Gasteiger partial charge is 0.366 e. The van der Waals surface area contributed by atoms with Gasteiger partial charge in [-0.2, -0.15) is 0 Å². The summed E-state index contributed by atoms with van der Waals surface area (Å²) in [5.41, 5.74) is 1.38. The number of fused-ring (bicyclic) bond motifs is 1. The van der Waals surface area contributed by atoms with Crippen molar-refractivity contribution in [1.29, 1.82) is 0 Å². The summed E-state index contributed by atoms with van der Waals surface area (Å²) in [6, 6.07) is 14.8. The van der Waals surface area contributed by atoms with E-state index in [1.54, 1.807) is 25.2 Å². The van der Waals surface area contributed by atoms with Crippen LogP contribution < -0.4 is 4.90 Å². The van der Waals surface area contributed by atoms with Crippen LogP contribution in [-0.2, 0) is 10.4 Å². The molecule has 1 unspecified atom stereocenters. The zero-order valence-electron chi connectivity index (χ0n) is 11.9. The summed E-state index contributed by atoms with van der Waals surface area (Å²) in [6.45, 7) is 2.00. The molecule has 0 radical (unpaired) electrons. The standard InChI is InChI=1S/C18H15NO2/c1-13-7-9-14(10-8-13)11-12-18(21)15-5-3-4-6-16(15)19(2)17(18)20/h3-10,21H,1-2H3. The van der Waals surface area contributed by atoms with E-state index in [0.717, 1.165) is 11.1 Å². The van der Waals surface area contributed by atoms with Crippen molar-refractivity contribution in [3.8, 4) is 11.8 Å². The Morgan fingerprint density at radius 1 is 1.10 bits per heavy atom. The lowest BCUT2D eigenvalue weighted by molar-refractivity contribution is -0.130. The van der Waals surface area contributed by atoms with E-state index in [2.05, 4.69) is 11.8 Å². The fourth-order valence-electron chi connectivity index (χ4n) is 2.46. The molecule has 2 aromatic rings. The number of hydrogen-bond donors (Lipinski definition) is 1. The molecule has 1 N–H and O–H groups in total. The third-order valence-electron chi connectivity index (χ3n) is 3.71. The van der Waals surface area contributed by atoms with Crippen LogP contribution in [0.4, 0.5) is 5.69 Å². The molecule has 1 atom stereocenters. The Morgan fingerprint density at radius 3 is 2.48 bits per heavy atom. The molecular formula is C18H15NO2. The van der Waals surface area contributed by atoms with Crippen molar-refractivity contribution in [3.63, 3.8) is 0 Å². The molecule has 3 nitrogen and oxygen atoms in total. The average Bonchev–Trinajstić information content (AvgIpc) is 2.70. The number of hydrogen-bond acceptors (Lipinski definition) is 2. The molecule has 2 aromatic carbocycles. The van der Waals surface area contributed by atoms with Crippen LogP contribution in [0.15, 0.2) is 48.5 Å². The third kappa shape index (κ3) is 2.10. The Balaban J connectivity index is 2.06. The summed E-state index contributed by atoms with van der Waals surface area (Å²) in [5.74, 6) is 5.23. The minimum Gasteiger partial charge on any atom is -0.366 e. The van der Waals surface area contributed by atoms with E-state index in [1.165, 1.54) is 4.90 Å². The minimum absolute atomic E-state index is 0.414. The number of carbonyl (C=O) groups is 1. The molecule has 0 fully saturated rings. The monoisotopic (exact) mass is 277 g/mol. The van der Waals surface area contributed by atoms with Gasteiger partial charge in [-0.25, -0.2) is 0 Å². The Labute approximate surface area is 123 Å². The fourth-order valence-corrected chi connectivity index (χ4v) is 2.46. The van der Waals surface area contributed by atoms with Gasteiger partial charge in [0.25, 0.3) is 5.91 Å². The van der Waals surface area contributed by atoms with Gasteiger partial charge in [0.1, 0.15) is 0 Å². The lowest BCUT2D eigenvalue weighted by atomic mass is 9.95. The molecule has 1 aliphatic rings. The number of rotatable bonds is 0. The number of benzene rings is 2. The molecule has 0 aromatic heterocycles. The van der Waals surface area contributed by atoms with Crippen molar-refractivity contribution >= 4 is 11.6 Å². The molecule has 1 heterocycles. The van der Waals surface area contributed by atoms with Gasteiger partial charge in [-0.05, 0) is 31.0 Å². The number of amides is 1. The van der Waals surface area contributed by atoms with E-state index in [0.29, 0.717) is 11.3 Å². The highest BCUT2D eigenvalue weighted by Crippen LogP contribution is 2.38. The van der Waals surface area contributed by atoms with Gasteiger partial charge < -0.3 is 10.0 Å². The summed E-state index contributed by atoms with van der Waals surface area (Å²) in [7, 11) is 1.65. The Morgan fingerprint density at radius 2 is 1.76 bits per heavy atom. The van der Waals surface area contributed by atoms with Crippen molar-refractivity contribution in [2.45, 2.75) is 12.5 Å². The summed E-state index contributed by atoms with van der Waals surface area (Å²) in [4.78, 5) is 13.8. The Hall–Kier alpha value is -2.57. The maximum Gasteiger partial charge on any atom is 0.276 e. The molecule has 0 bridgehead atoms. The van der Waals surface area contributed by atoms with Crippen molar-refractivity contribution in [2.75, 3.05) is 11.9 Å². The van der Waals surface area contributed by atoms with Crippen molar-refractivity contribution < 1.29 is 9.90 Å². The Bertz CT molecular complexity index is 768. The van der Waals surface area contributed by atoms with Crippen LogP contribution in [0.1, 0.15) is 16.7 Å². The molecule has 3 rings (SSSR count). The Kier molecular flexibility index (Phi) is 3.04. The quantitative estimate of drug-likeness (QED) is 0.750. The van der Waals surface area contributed by atoms with E-state index in [9.17, 15) is 9.90 Å². The molecule has 0 saturated carbocycles. The van der Waals surface area contributed by atoms with E-state index < -0.39 is 11.5 Å². The van der Waals surface area contributed by atoms with Crippen LogP contribution in [0.25, 0.3) is 0 Å². The van der Waals surface area contributed by atoms with Gasteiger partial charge >= 0.3 is 0 Å².